The molecule has 1 aromatic carbocycles. The molecule has 1 aliphatic carbocycles. The van der Waals surface area contributed by atoms with Gasteiger partial charge < -0.3 is 4.74 Å². The molecule has 0 saturated heterocycles. The minimum atomic E-state index is -0.0406. The zero-order chi connectivity index (χ0) is 9.97. The fourth-order valence-electron chi connectivity index (χ4n) is 1.98. The van der Waals surface area contributed by atoms with Crippen molar-refractivity contribution in [2.24, 2.45) is 0 Å². The number of methoxy groups -OCH3 is 1. The monoisotopic (exact) mass is 190 g/mol. The smallest absolute Gasteiger partial charge is 0.136 e. The lowest BCUT2D eigenvalue weighted by atomic mass is 10.0. The molecule has 0 heterocycles. The van der Waals surface area contributed by atoms with Gasteiger partial charge in [0.2, 0.25) is 0 Å². The highest BCUT2D eigenvalue weighted by Crippen LogP contribution is 2.28. The van der Waals surface area contributed by atoms with Gasteiger partial charge in [-0.15, -0.1) is 0 Å². The molecule has 0 aliphatic heterocycles. The molecule has 1 aromatic rings. The van der Waals surface area contributed by atoms with Crippen LogP contribution in [0.15, 0.2) is 24.3 Å². The van der Waals surface area contributed by atoms with E-state index in [0.29, 0.717) is 18.6 Å². The van der Waals surface area contributed by atoms with Crippen molar-refractivity contribution in [3.8, 4) is 0 Å². The lowest BCUT2D eigenvalue weighted by Crippen LogP contribution is -2.06. The van der Waals surface area contributed by atoms with Gasteiger partial charge in [-0.3, -0.25) is 4.79 Å². The molecule has 1 atom stereocenters. The maximum atomic E-state index is 11.4. The van der Waals surface area contributed by atoms with E-state index in [9.17, 15) is 4.79 Å². The van der Waals surface area contributed by atoms with Crippen LogP contribution < -0.4 is 0 Å². The van der Waals surface area contributed by atoms with Gasteiger partial charge in [-0.1, -0.05) is 24.3 Å². The first kappa shape index (κ1) is 9.41. The first-order chi connectivity index (χ1) is 6.81. The molecule has 1 aliphatic rings. The molecule has 0 saturated carbocycles. The van der Waals surface area contributed by atoms with Crippen molar-refractivity contribution < 1.29 is 9.53 Å². The third-order valence-corrected chi connectivity index (χ3v) is 2.77. The van der Waals surface area contributed by atoms with Crippen LogP contribution in [0, 0.1) is 0 Å². The molecule has 0 fully saturated rings. The summed E-state index contributed by atoms with van der Waals surface area (Å²) in [4.78, 5) is 11.4. The number of hydrogen-bond donors (Lipinski definition) is 0. The Morgan fingerprint density at radius 3 is 2.86 bits per heavy atom. The summed E-state index contributed by atoms with van der Waals surface area (Å²) in [7, 11) is 1.67. The molecule has 2 nitrogen and oxygen atoms in total. The number of Topliss-reactive ketones (excluding diaryl/α,β-unsaturated/α-hetero) is 1. The first-order valence-electron chi connectivity index (χ1n) is 4.93. The van der Waals surface area contributed by atoms with E-state index in [2.05, 4.69) is 12.1 Å². The molecule has 14 heavy (non-hydrogen) atoms. The van der Waals surface area contributed by atoms with Crippen molar-refractivity contribution in [2.45, 2.75) is 25.4 Å². The largest absolute Gasteiger partial charge is 0.376 e. The topological polar surface area (TPSA) is 26.3 Å². The Morgan fingerprint density at radius 2 is 2.07 bits per heavy atom. The second-order valence-electron chi connectivity index (χ2n) is 3.67. The normalized spacial score (nSPS) is 21.5. The minimum absolute atomic E-state index is 0.0406. The number of fused-ring (bicyclic) bond motifs is 1. The Labute approximate surface area is 83.9 Å². The Kier molecular flexibility index (Phi) is 2.64. The molecule has 2 rings (SSSR count). The van der Waals surface area contributed by atoms with E-state index in [0.717, 1.165) is 6.42 Å². The van der Waals surface area contributed by atoms with Crippen LogP contribution in [0.4, 0.5) is 0 Å². The van der Waals surface area contributed by atoms with E-state index in [4.69, 9.17) is 4.74 Å². The number of benzene rings is 1. The van der Waals surface area contributed by atoms with Crippen molar-refractivity contribution in [3.05, 3.63) is 35.4 Å². The van der Waals surface area contributed by atoms with Crippen molar-refractivity contribution in [2.75, 3.05) is 7.11 Å². The lowest BCUT2D eigenvalue weighted by Gasteiger charge is -2.14. The van der Waals surface area contributed by atoms with Gasteiger partial charge in [-0.2, -0.15) is 0 Å². The Bertz CT molecular complexity index is 344. The Morgan fingerprint density at radius 1 is 1.29 bits per heavy atom. The minimum Gasteiger partial charge on any atom is -0.376 e. The van der Waals surface area contributed by atoms with Crippen LogP contribution in [0.1, 0.15) is 30.1 Å². The van der Waals surface area contributed by atoms with Crippen LogP contribution in [-0.2, 0) is 16.0 Å². The summed E-state index contributed by atoms with van der Waals surface area (Å²) < 4.78 is 5.35. The SMILES string of the molecule is COC1CC(=O)CCc2ccccc21. The Hall–Kier alpha value is -1.15. The number of rotatable bonds is 1. The van der Waals surface area contributed by atoms with E-state index in [1.54, 1.807) is 7.11 Å². The van der Waals surface area contributed by atoms with Gasteiger partial charge in [0.15, 0.2) is 0 Å². The predicted molar refractivity (Wildman–Crippen MR) is 54.1 cm³/mol. The van der Waals surface area contributed by atoms with Gasteiger partial charge in [-0.05, 0) is 17.5 Å². The summed E-state index contributed by atoms with van der Waals surface area (Å²) in [5.74, 6) is 0.299. The molecule has 0 bridgehead atoms. The average molecular weight is 190 g/mol. The number of hydrogen-bond acceptors (Lipinski definition) is 2. The fraction of sp³-hybridized carbons (Fsp3) is 0.417. The molecule has 0 radical (unpaired) electrons. The highest BCUT2D eigenvalue weighted by molar-refractivity contribution is 5.80. The summed E-state index contributed by atoms with van der Waals surface area (Å²) >= 11 is 0. The molecule has 2 heteroatoms. The summed E-state index contributed by atoms with van der Waals surface area (Å²) in [5.41, 5.74) is 2.44. The number of ether oxygens (including phenoxy) is 1. The maximum absolute atomic E-state index is 11.4. The number of carbonyl (C=O) groups excluding carboxylic acids is 1. The average Bonchev–Trinajstić information content (AvgIpc) is 2.38. The second-order valence-corrected chi connectivity index (χ2v) is 3.67. The van der Waals surface area contributed by atoms with Crippen molar-refractivity contribution >= 4 is 5.78 Å². The standard InChI is InChI=1S/C12H14O2/c1-14-12-8-10(13)7-6-9-4-2-3-5-11(9)12/h2-5,12H,6-8H2,1H3. The van der Waals surface area contributed by atoms with Crippen LogP contribution in [0.5, 0.6) is 0 Å². The van der Waals surface area contributed by atoms with Gasteiger partial charge in [0.1, 0.15) is 5.78 Å². The van der Waals surface area contributed by atoms with E-state index in [-0.39, 0.29) is 6.10 Å². The molecular weight excluding hydrogens is 176 g/mol. The molecule has 0 amide bonds. The zero-order valence-corrected chi connectivity index (χ0v) is 8.32. The van der Waals surface area contributed by atoms with E-state index in [1.165, 1.54) is 11.1 Å². The van der Waals surface area contributed by atoms with E-state index < -0.39 is 0 Å². The van der Waals surface area contributed by atoms with Gasteiger partial charge >= 0.3 is 0 Å². The van der Waals surface area contributed by atoms with Gasteiger partial charge in [0.05, 0.1) is 6.10 Å². The van der Waals surface area contributed by atoms with E-state index in [1.807, 2.05) is 12.1 Å². The fourth-order valence-corrected chi connectivity index (χ4v) is 1.98. The van der Waals surface area contributed by atoms with Gasteiger partial charge in [0, 0.05) is 20.0 Å². The molecule has 1 unspecified atom stereocenters. The molecule has 0 N–H and O–H groups in total. The maximum Gasteiger partial charge on any atom is 0.136 e. The lowest BCUT2D eigenvalue weighted by molar-refractivity contribution is -0.121. The Balaban J connectivity index is 2.39. The van der Waals surface area contributed by atoms with Crippen LogP contribution in [0.3, 0.4) is 0 Å². The summed E-state index contributed by atoms with van der Waals surface area (Å²) in [5, 5.41) is 0. The zero-order valence-electron chi connectivity index (χ0n) is 8.32. The first-order valence-corrected chi connectivity index (χ1v) is 4.93. The second kappa shape index (κ2) is 3.93. The van der Waals surface area contributed by atoms with Crippen molar-refractivity contribution in [1.82, 2.24) is 0 Å². The highest BCUT2D eigenvalue weighted by Gasteiger charge is 2.21. The number of aryl methyl sites for hydroxylation is 1. The van der Waals surface area contributed by atoms with Crippen molar-refractivity contribution in [3.63, 3.8) is 0 Å². The van der Waals surface area contributed by atoms with E-state index >= 15 is 0 Å². The summed E-state index contributed by atoms with van der Waals surface area (Å²) in [6.45, 7) is 0. The predicted octanol–water partition coefficient (Wildman–Crippen LogP) is 2.28. The summed E-state index contributed by atoms with van der Waals surface area (Å²) in [6, 6.07) is 8.16. The number of carbonyl (C=O) groups is 1. The number of ketones is 1. The molecule has 0 spiro atoms. The van der Waals surface area contributed by atoms with Gasteiger partial charge in [0.25, 0.3) is 0 Å². The third-order valence-electron chi connectivity index (χ3n) is 2.77. The molecule has 74 valence electrons. The highest BCUT2D eigenvalue weighted by atomic mass is 16.5. The molecular formula is C12H14O2. The van der Waals surface area contributed by atoms with Crippen LogP contribution in [0.25, 0.3) is 0 Å². The van der Waals surface area contributed by atoms with Crippen LogP contribution in [-0.4, -0.2) is 12.9 Å². The van der Waals surface area contributed by atoms with Gasteiger partial charge in [-0.25, -0.2) is 0 Å². The quantitative estimate of drug-likeness (QED) is 0.635. The third kappa shape index (κ3) is 1.70. The van der Waals surface area contributed by atoms with Crippen LogP contribution >= 0.6 is 0 Å². The van der Waals surface area contributed by atoms with Crippen molar-refractivity contribution in [1.29, 1.82) is 0 Å². The van der Waals surface area contributed by atoms with Crippen LogP contribution in [0.2, 0.25) is 0 Å². The summed E-state index contributed by atoms with van der Waals surface area (Å²) in [6.07, 6.45) is 1.99. The molecule has 0 aromatic heterocycles.